The van der Waals surface area contributed by atoms with Gasteiger partial charge in [0.2, 0.25) is 10.0 Å². The molecule has 1 saturated heterocycles. The molecule has 0 spiro atoms. The Morgan fingerprint density at radius 3 is 2.59 bits per heavy atom. The molecule has 0 aliphatic carbocycles. The van der Waals surface area contributed by atoms with Crippen molar-refractivity contribution in [2.45, 2.75) is 16.6 Å². The van der Waals surface area contributed by atoms with Gasteiger partial charge in [-0.3, -0.25) is 0 Å². The summed E-state index contributed by atoms with van der Waals surface area (Å²) < 4.78 is 38.5. The molecule has 2 aromatic rings. The average molecular weight is 428 g/mol. The van der Waals surface area contributed by atoms with E-state index in [-0.39, 0.29) is 10.1 Å². The monoisotopic (exact) mass is 427 g/mol. The Hall–Kier alpha value is -1.41. The minimum atomic E-state index is -3.69. The zero-order valence-electron chi connectivity index (χ0n) is 15.2. The van der Waals surface area contributed by atoms with E-state index in [0.717, 1.165) is 10.6 Å². The smallest absolute Gasteiger partial charge is 0.246 e. The molecule has 1 aliphatic heterocycles. The van der Waals surface area contributed by atoms with Crippen LogP contribution in [-0.4, -0.2) is 45.8 Å². The molecule has 2 aromatic carbocycles. The fraction of sp³-hybridized carbons (Fsp3) is 0.368. The summed E-state index contributed by atoms with van der Waals surface area (Å²) in [6.45, 7) is 0.861. The summed E-state index contributed by atoms with van der Waals surface area (Å²) >= 11 is 8.07. The standard InChI is InChI=1S/C19H22ClNO4S2/c1-24-14-7-8-17(25-2)19(13-14)27(22,23)21-10-9-18(26-12-11-21)15-5-3-4-6-16(15)20/h3-8,13,18H,9-12H2,1-2H3/t18-/m1/s1. The quantitative estimate of drug-likeness (QED) is 0.714. The molecule has 27 heavy (non-hydrogen) atoms. The maximum Gasteiger partial charge on any atom is 0.246 e. The lowest BCUT2D eigenvalue weighted by Gasteiger charge is -2.21. The van der Waals surface area contributed by atoms with Crippen molar-refractivity contribution in [3.63, 3.8) is 0 Å². The van der Waals surface area contributed by atoms with Crippen LogP contribution in [0.1, 0.15) is 17.2 Å². The fourth-order valence-electron chi connectivity index (χ4n) is 3.10. The summed E-state index contributed by atoms with van der Waals surface area (Å²) in [6.07, 6.45) is 0.694. The predicted octanol–water partition coefficient (Wildman–Crippen LogP) is 4.23. The molecule has 0 unspecified atom stereocenters. The van der Waals surface area contributed by atoms with Crippen LogP contribution in [-0.2, 0) is 10.0 Å². The second-order valence-corrected chi connectivity index (χ2v) is 9.71. The molecule has 1 aliphatic rings. The molecule has 1 heterocycles. The van der Waals surface area contributed by atoms with E-state index in [1.807, 2.05) is 24.3 Å². The highest BCUT2D eigenvalue weighted by Gasteiger charge is 2.31. The van der Waals surface area contributed by atoms with E-state index < -0.39 is 10.0 Å². The summed E-state index contributed by atoms with van der Waals surface area (Å²) in [4.78, 5) is 0.130. The summed E-state index contributed by atoms with van der Waals surface area (Å²) in [5.41, 5.74) is 1.06. The molecule has 1 fully saturated rings. The number of hydrogen-bond acceptors (Lipinski definition) is 5. The number of methoxy groups -OCH3 is 2. The summed E-state index contributed by atoms with van der Waals surface area (Å²) in [5.74, 6) is 1.49. The topological polar surface area (TPSA) is 55.8 Å². The normalized spacial score (nSPS) is 18.7. The number of halogens is 1. The van der Waals surface area contributed by atoms with Crippen molar-refractivity contribution in [2.24, 2.45) is 0 Å². The van der Waals surface area contributed by atoms with Gasteiger partial charge in [0.05, 0.1) is 14.2 Å². The van der Waals surface area contributed by atoms with Gasteiger partial charge in [-0.2, -0.15) is 16.1 Å². The molecule has 0 aromatic heterocycles. The van der Waals surface area contributed by atoms with E-state index in [4.69, 9.17) is 21.1 Å². The van der Waals surface area contributed by atoms with Crippen molar-refractivity contribution < 1.29 is 17.9 Å². The van der Waals surface area contributed by atoms with Crippen LogP contribution in [0.2, 0.25) is 5.02 Å². The molecule has 0 saturated carbocycles. The van der Waals surface area contributed by atoms with Gasteiger partial charge in [0.1, 0.15) is 16.4 Å². The summed E-state index contributed by atoms with van der Waals surface area (Å²) in [6, 6.07) is 12.6. The number of benzene rings is 2. The zero-order chi connectivity index (χ0) is 19.4. The van der Waals surface area contributed by atoms with Gasteiger partial charge >= 0.3 is 0 Å². The van der Waals surface area contributed by atoms with Crippen molar-refractivity contribution in [3.05, 3.63) is 53.1 Å². The highest BCUT2D eigenvalue weighted by atomic mass is 35.5. The minimum absolute atomic E-state index is 0.130. The molecule has 0 bridgehead atoms. The summed E-state index contributed by atoms with van der Waals surface area (Å²) in [7, 11) is -0.721. The SMILES string of the molecule is COc1ccc(OC)c(S(=O)(=O)N2CCS[C@@H](c3ccccc3Cl)CC2)c1. The third-order valence-electron chi connectivity index (χ3n) is 4.54. The molecular formula is C19H22ClNO4S2. The average Bonchev–Trinajstić information content (AvgIpc) is 2.94. The Kier molecular flexibility index (Phi) is 6.57. The first-order chi connectivity index (χ1) is 13.0. The van der Waals surface area contributed by atoms with E-state index in [2.05, 4.69) is 0 Å². The lowest BCUT2D eigenvalue weighted by molar-refractivity contribution is 0.384. The highest BCUT2D eigenvalue weighted by Crippen LogP contribution is 2.39. The number of thioether (sulfide) groups is 1. The second kappa shape index (κ2) is 8.73. The third kappa shape index (κ3) is 4.37. The molecule has 3 rings (SSSR count). The van der Waals surface area contributed by atoms with Gasteiger partial charge < -0.3 is 9.47 Å². The number of sulfonamides is 1. The van der Waals surface area contributed by atoms with Crippen LogP contribution in [0.5, 0.6) is 11.5 Å². The van der Waals surface area contributed by atoms with E-state index >= 15 is 0 Å². The van der Waals surface area contributed by atoms with Crippen molar-refractivity contribution >= 4 is 33.4 Å². The van der Waals surface area contributed by atoms with Crippen molar-refractivity contribution in [1.29, 1.82) is 0 Å². The molecule has 5 nitrogen and oxygen atoms in total. The van der Waals surface area contributed by atoms with Gasteiger partial charge in [-0.05, 0) is 30.2 Å². The molecular weight excluding hydrogens is 406 g/mol. The Labute approximate surface area is 169 Å². The van der Waals surface area contributed by atoms with Crippen LogP contribution in [0.15, 0.2) is 47.4 Å². The first kappa shape index (κ1) is 20.3. The molecule has 0 N–H and O–H groups in total. The highest BCUT2D eigenvalue weighted by molar-refractivity contribution is 7.99. The Balaban J connectivity index is 1.86. The van der Waals surface area contributed by atoms with Crippen LogP contribution < -0.4 is 9.47 Å². The Bertz CT molecular complexity index is 904. The Morgan fingerprint density at radius 1 is 1.11 bits per heavy atom. The number of rotatable bonds is 5. The largest absolute Gasteiger partial charge is 0.497 e. The first-order valence-electron chi connectivity index (χ1n) is 8.55. The van der Waals surface area contributed by atoms with E-state index in [1.54, 1.807) is 23.9 Å². The van der Waals surface area contributed by atoms with Crippen LogP contribution in [0, 0.1) is 0 Å². The molecule has 8 heteroatoms. The maximum absolute atomic E-state index is 13.3. The predicted molar refractivity (Wildman–Crippen MR) is 110 cm³/mol. The van der Waals surface area contributed by atoms with Gasteiger partial charge in [-0.1, -0.05) is 29.8 Å². The molecule has 146 valence electrons. The van der Waals surface area contributed by atoms with E-state index in [0.29, 0.717) is 36.8 Å². The van der Waals surface area contributed by atoms with E-state index in [1.165, 1.54) is 24.6 Å². The number of nitrogens with zero attached hydrogens (tertiary/aromatic N) is 1. The van der Waals surface area contributed by atoms with Gasteiger partial charge in [-0.15, -0.1) is 0 Å². The number of hydrogen-bond donors (Lipinski definition) is 0. The second-order valence-electron chi connectivity index (χ2n) is 6.09. The van der Waals surface area contributed by atoms with Gasteiger partial charge in [0.15, 0.2) is 0 Å². The van der Waals surface area contributed by atoms with Gasteiger partial charge in [0, 0.05) is 35.2 Å². The van der Waals surface area contributed by atoms with Gasteiger partial charge in [-0.25, -0.2) is 8.42 Å². The van der Waals surface area contributed by atoms with Crippen molar-refractivity contribution in [2.75, 3.05) is 33.1 Å². The number of ether oxygens (including phenoxy) is 2. The van der Waals surface area contributed by atoms with Crippen LogP contribution in [0.3, 0.4) is 0 Å². The van der Waals surface area contributed by atoms with Crippen molar-refractivity contribution in [3.8, 4) is 11.5 Å². The van der Waals surface area contributed by atoms with Crippen LogP contribution in [0.25, 0.3) is 0 Å². The molecule has 0 radical (unpaired) electrons. The lowest BCUT2D eigenvalue weighted by Crippen LogP contribution is -2.33. The molecule has 1 atom stereocenters. The minimum Gasteiger partial charge on any atom is -0.497 e. The first-order valence-corrected chi connectivity index (χ1v) is 11.4. The zero-order valence-corrected chi connectivity index (χ0v) is 17.6. The summed E-state index contributed by atoms with van der Waals surface area (Å²) in [5, 5.41) is 0.895. The lowest BCUT2D eigenvalue weighted by atomic mass is 10.1. The maximum atomic E-state index is 13.3. The van der Waals surface area contributed by atoms with Crippen LogP contribution in [0.4, 0.5) is 0 Å². The fourth-order valence-corrected chi connectivity index (χ4v) is 6.44. The molecule has 0 amide bonds. The van der Waals surface area contributed by atoms with Gasteiger partial charge in [0.25, 0.3) is 0 Å². The van der Waals surface area contributed by atoms with Crippen LogP contribution >= 0.6 is 23.4 Å². The third-order valence-corrected chi connectivity index (χ3v) is 8.12. The Morgan fingerprint density at radius 2 is 1.89 bits per heavy atom. The van der Waals surface area contributed by atoms with Crippen molar-refractivity contribution in [1.82, 2.24) is 4.31 Å². The van der Waals surface area contributed by atoms with E-state index in [9.17, 15) is 8.42 Å².